The molecule has 1 aromatic heterocycles. The first kappa shape index (κ1) is 12.2. The van der Waals surface area contributed by atoms with Crippen LogP contribution in [0.4, 0.5) is 5.69 Å². The molecule has 1 heterocycles. The number of oxazole rings is 1. The third kappa shape index (κ3) is 3.10. The van der Waals surface area contributed by atoms with Gasteiger partial charge in [-0.3, -0.25) is 4.79 Å². The van der Waals surface area contributed by atoms with Gasteiger partial charge in [0.05, 0.1) is 12.7 Å². The summed E-state index contributed by atoms with van der Waals surface area (Å²) in [6.45, 7) is 3.09. The highest BCUT2D eigenvalue weighted by Crippen LogP contribution is 2.11. The van der Waals surface area contributed by atoms with Crippen molar-refractivity contribution in [1.82, 2.24) is 10.3 Å². The van der Waals surface area contributed by atoms with Crippen LogP contribution in [0.1, 0.15) is 23.0 Å². The highest BCUT2D eigenvalue weighted by atomic mass is 16.3. The summed E-state index contributed by atoms with van der Waals surface area (Å²) in [5.41, 5.74) is 1.58. The van der Waals surface area contributed by atoms with Gasteiger partial charge in [0.1, 0.15) is 5.76 Å². The molecule has 0 saturated carbocycles. The van der Waals surface area contributed by atoms with Crippen LogP contribution in [0, 0.1) is 0 Å². The minimum absolute atomic E-state index is 0.0562. The standard InChI is InChI=1S/C13H15N3O2/c1-2-15-13(17)10-3-5-11(6-4-10)16-8-12-7-14-9-18-12/h3-7,9,16H,2,8H2,1H3,(H,15,17). The molecule has 0 fully saturated rings. The average Bonchev–Trinajstić information content (AvgIpc) is 2.90. The normalized spacial score (nSPS) is 10.1. The number of hydrogen-bond donors (Lipinski definition) is 2. The summed E-state index contributed by atoms with van der Waals surface area (Å²) in [6.07, 6.45) is 3.06. The molecule has 1 aromatic carbocycles. The summed E-state index contributed by atoms with van der Waals surface area (Å²) in [4.78, 5) is 15.4. The molecule has 2 N–H and O–H groups in total. The number of anilines is 1. The Balaban J connectivity index is 1.93. The topological polar surface area (TPSA) is 67.2 Å². The molecule has 0 radical (unpaired) electrons. The lowest BCUT2D eigenvalue weighted by molar-refractivity contribution is 0.0956. The van der Waals surface area contributed by atoms with Gasteiger partial charge in [0.25, 0.3) is 5.91 Å². The van der Waals surface area contributed by atoms with E-state index in [1.54, 1.807) is 18.3 Å². The fourth-order valence-corrected chi connectivity index (χ4v) is 1.52. The van der Waals surface area contributed by atoms with Crippen LogP contribution >= 0.6 is 0 Å². The molecule has 0 spiro atoms. The molecular formula is C13H15N3O2. The van der Waals surface area contributed by atoms with Gasteiger partial charge in [-0.1, -0.05) is 0 Å². The van der Waals surface area contributed by atoms with Crippen molar-refractivity contribution in [2.45, 2.75) is 13.5 Å². The van der Waals surface area contributed by atoms with Crippen molar-refractivity contribution in [3.8, 4) is 0 Å². The fraction of sp³-hybridized carbons (Fsp3) is 0.231. The minimum atomic E-state index is -0.0562. The molecule has 2 rings (SSSR count). The number of carbonyl (C=O) groups is 1. The Labute approximate surface area is 105 Å². The van der Waals surface area contributed by atoms with Crippen molar-refractivity contribution in [2.24, 2.45) is 0 Å². The van der Waals surface area contributed by atoms with E-state index in [1.165, 1.54) is 6.39 Å². The number of carbonyl (C=O) groups excluding carboxylic acids is 1. The highest BCUT2D eigenvalue weighted by molar-refractivity contribution is 5.94. The average molecular weight is 245 g/mol. The molecule has 0 saturated heterocycles. The van der Waals surface area contributed by atoms with Crippen LogP contribution in [-0.4, -0.2) is 17.4 Å². The second-order valence-corrected chi connectivity index (χ2v) is 3.76. The Bertz CT molecular complexity index is 491. The van der Waals surface area contributed by atoms with E-state index in [2.05, 4.69) is 15.6 Å². The van der Waals surface area contributed by atoms with Crippen molar-refractivity contribution in [3.63, 3.8) is 0 Å². The van der Waals surface area contributed by atoms with Gasteiger partial charge in [-0.15, -0.1) is 0 Å². The second kappa shape index (κ2) is 5.86. The zero-order valence-corrected chi connectivity index (χ0v) is 10.1. The fourth-order valence-electron chi connectivity index (χ4n) is 1.52. The second-order valence-electron chi connectivity index (χ2n) is 3.76. The molecule has 1 amide bonds. The SMILES string of the molecule is CCNC(=O)c1ccc(NCc2cnco2)cc1. The van der Waals surface area contributed by atoms with E-state index in [1.807, 2.05) is 19.1 Å². The summed E-state index contributed by atoms with van der Waals surface area (Å²) in [5, 5.41) is 5.93. The number of aromatic nitrogens is 1. The van der Waals surface area contributed by atoms with E-state index in [9.17, 15) is 4.79 Å². The lowest BCUT2D eigenvalue weighted by Crippen LogP contribution is -2.22. The van der Waals surface area contributed by atoms with E-state index in [4.69, 9.17) is 4.42 Å². The maximum Gasteiger partial charge on any atom is 0.251 e. The maximum atomic E-state index is 11.5. The van der Waals surface area contributed by atoms with Gasteiger partial charge in [0, 0.05) is 17.8 Å². The molecule has 18 heavy (non-hydrogen) atoms. The van der Waals surface area contributed by atoms with E-state index in [0.29, 0.717) is 18.7 Å². The molecule has 0 aliphatic carbocycles. The first-order chi connectivity index (χ1) is 8.79. The number of nitrogens with zero attached hydrogens (tertiary/aromatic N) is 1. The summed E-state index contributed by atoms with van der Waals surface area (Å²) in [5.74, 6) is 0.710. The van der Waals surface area contributed by atoms with Gasteiger partial charge >= 0.3 is 0 Å². The smallest absolute Gasteiger partial charge is 0.251 e. The van der Waals surface area contributed by atoms with E-state index >= 15 is 0 Å². The Morgan fingerprint density at radius 1 is 1.33 bits per heavy atom. The van der Waals surface area contributed by atoms with Crippen molar-refractivity contribution >= 4 is 11.6 Å². The van der Waals surface area contributed by atoms with Gasteiger partial charge in [-0.05, 0) is 31.2 Å². The maximum absolute atomic E-state index is 11.5. The molecule has 0 atom stereocenters. The molecule has 2 aromatic rings. The summed E-state index contributed by atoms with van der Waals surface area (Å²) in [7, 11) is 0. The Hall–Kier alpha value is -2.30. The van der Waals surface area contributed by atoms with E-state index in [0.717, 1.165) is 11.4 Å². The molecule has 0 bridgehead atoms. The van der Waals surface area contributed by atoms with Gasteiger partial charge in [0.15, 0.2) is 6.39 Å². The number of rotatable bonds is 5. The van der Waals surface area contributed by atoms with E-state index < -0.39 is 0 Å². The lowest BCUT2D eigenvalue weighted by atomic mass is 10.2. The summed E-state index contributed by atoms with van der Waals surface area (Å²) in [6, 6.07) is 7.29. The van der Waals surface area contributed by atoms with Crippen LogP contribution in [0.3, 0.4) is 0 Å². The monoisotopic (exact) mass is 245 g/mol. The number of nitrogens with one attached hydrogen (secondary N) is 2. The predicted octanol–water partition coefficient (Wildman–Crippen LogP) is 2.04. The first-order valence-corrected chi connectivity index (χ1v) is 5.79. The zero-order chi connectivity index (χ0) is 12.8. The van der Waals surface area contributed by atoms with Crippen LogP contribution in [0.2, 0.25) is 0 Å². The quantitative estimate of drug-likeness (QED) is 0.845. The van der Waals surface area contributed by atoms with Crippen molar-refractivity contribution in [1.29, 1.82) is 0 Å². The highest BCUT2D eigenvalue weighted by Gasteiger charge is 2.03. The number of hydrogen-bond acceptors (Lipinski definition) is 4. The molecule has 5 heteroatoms. The molecular weight excluding hydrogens is 230 g/mol. The summed E-state index contributed by atoms with van der Waals surface area (Å²) < 4.78 is 5.11. The molecule has 0 aliphatic rings. The molecule has 94 valence electrons. The molecule has 5 nitrogen and oxygen atoms in total. The van der Waals surface area contributed by atoms with Crippen LogP contribution in [-0.2, 0) is 6.54 Å². The largest absolute Gasteiger partial charge is 0.447 e. The van der Waals surface area contributed by atoms with Crippen LogP contribution in [0.5, 0.6) is 0 Å². The predicted molar refractivity (Wildman–Crippen MR) is 68.3 cm³/mol. The Morgan fingerprint density at radius 2 is 2.11 bits per heavy atom. The lowest BCUT2D eigenvalue weighted by Gasteiger charge is -2.06. The minimum Gasteiger partial charge on any atom is -0.447 e. The van der Waals surface area contributed by atoms with E-state index in [-0.39, 0.29) is 5.91 Å². The van der Waals surface area contributed by atoms with Crippen molar-refractivity contribution in [2.75, 3.05) is 11.9 Å². The number of amides is 1. The zero-order valence-electron chi connectivity index (χ0n) is 10.1. The van der Waals surface area contributed by atoms with Gasteiger partial charge < -0.3 is 15.1 Å². The van der Waals surface area contributed by atoms with Crippen molar-refractivity contribution < 1.29 is 9.21 Å². The Morgan fingerprint density at radius 3 is 2.72 bits per heavy atom. The van der Waals surface area contributed by atoms with Gasteiger partial charge in [-0.2, -0.15) is 0 Å². The molecule has 0 unspecified atom stereocenters. The van der Waals surface area contributed by atoms with Crippen LogP contribution in [0.15, 0.2) is 41.3 Å². The van der Waals surface area contributed by atoms with Crippen LogP contribution < -0.4 is 10.6 Å². The van der Waals surface area contributed by atoms with Gasteiger partial charge in [-0.25, -0.2) is 4.98 Å². The Kier molecular flexibility index (Phi) is 3.96. The third-order valence-electron chi connectivity index (χ3n) is 2.43. The first-order valence-electron chi connectivity index (χ1n) is 5.79. The van der Waals surface area contributed by atoms with Crippen LogP contribution in [0.25, 0.3) is 0 Å². The summed E-state index contributed by atoms with van der Waals surface area (Å²) >= 11 is 0. The third-order valence-corrected chi connectivity index (χ3v) is 2.43. The number of benzene rings is 1. The van der Waals surface area contributed by atoms with Gasteiger partial charge in [0.2, 0.25) is 0 Å². The molecule has 0 aliphatic heterocycles. The van der Waals surface area contributed by atoms with Crippen molar-refractivity contribution in [3.05, 3.63) is 48.2 Å².